The van der Waals surface area contributed by atoms with Crippen molar-refractivity contribution < 1.29 is 17.9 Å². The second-order valence-electron chi connectivity index (χ2n) is 3.84. The van der Waals surface area contributed by atoms with E-state index < -0.39 is 16.1 Å². The predicted molar refractivity (Wildman–Crippen MR) is 74.8 cm³/mol. The van der Waals surface area contributed by atoms with Gasteiger partial charge in [0.1, 0.15) is 0 Å². The largest absolute Gasteiger partial charge is 0.450 e. The molecule has 0 aromatic heterocycles. The molecule has 0 radical (unpaired) electrons. The van der Waals surface area contributed by atoms with Crippen LogP contribution in [0.2, 0.25) is 0 Å². The standard InChI is InChI=1S/C12H18N2O4S/c1-3-9-19(16,17)14-11-7-5-10(6-8-11)13-12(15)18-4-2/h5-8,14H,3-4,9H2,1-2H3,(H,13,15). The summed E-state index contributed by atoms with van der Waals surface area (Å²) in [6.07, 6.45) is 0.0134. The van der Waals surface area contributed by atoms with E-state index in [1.807, 2.05) is 0 Å². The van der Waals surface area contributed by atoms with Crippen molar-refractivity contribution in [3.63, 3.8) is 0 Å². The summed E-state index contributed by atoms with van der Waals surface area (Å²) in [5.74, 6) is 0.0792. The summed E-state index contributed by atoms with van der Waals surface area (Å²) in [5.41, 5.74) is 1.000. The van der Waals surface area contributed by atoms with Crippen LogP contribution < -0.4 is 10.0 Å². The molecule has 0 unspecified atom stereocenters. The minimum Gasteiger partial charge on any atom is -0.450 e. The topological polar surface area (TPSA) is 84.5 Å². The highest BCUT2D eigenvalue weighted by molar-refractivity contribution is 7.92. The van der Waals surface area contributed by atoms with Gasteiger partial charge in [0.05, 0.1) is 12.4 Å². The number of benzene rings is 1. The van der Waals surface area contributed by atoms with E-state index >= 15 is 0 Å². The molecule has 0 aliphatic carbocycles. The first-order valence-electron chi connectivity index (χ1n) is 6.01. The fourth-order valence-corrected chi connectivity index (χ4v) is 2.54. The molecule has 0 spiro atoms. The number of carbonyl (C=O) groups is 1. The zero-order valence-corrected chi connectivity index (χ0v) is 11.8. The number of ether oxygens (including phenoxy) is 1. The van der Waals surface area contributed by atoms with Gasteiger partial charge in [-0.15, -0.1) is 0 Å². The average molecular weight is 286 g/mol. The van der Waals surface area contributed by atoms with Crippen molar-refractivity contribution in [2.45, 2.75) is 20.3 Å². The van der Waals surface area contributed by atoms with Gasteiger partial charge in [-0.3, -0.25) is 10.0 Å². The number of nitrogens with one attached hydrogen (secondary N) is 2. The number of hydrogen-bond donors (Lipinski definition) is 2. The first kappa shape index (κ1) is 15.3. The Balaban J connectivity index is 2.64. The molecule has 6 nitrogen and oxygen atoms in total. The smallest absolute Gasteiger partial charge is 0.411 e. The second kappa shape index (κ2) is 6.98. The molecule has 7 heteroatoms. The molecule has 0 aliphatic rings. The number of rotatable bonds is 6. The highest BCUT2D eigenvalue weighted by Gasteiger charge is 2.08. The number of anilines is 2. The fourth-order valence-electron chi connectivity index (χ4n) is 1.41. The van der Waals surface area contributed by atoms with Crippen molar-refractivity contribution in [3.8, 4) is 0 Å². The van der Waals surface area contributed by atoms with Gasteiger partial charge in [-0.2, -0.15) is 0 Å². The Morgan fingerprint density at radius 1 is 1.16 bits per heavy atom. The molecule has 0 saturated heterocycles. The maximum absolute atomic E-state index is 11.5. The van der Waals surface area contributed by atoms with Crippen LogP contribution in [0, 0.1) is 0 Å². The second-order valence-corrected chi connectivity index (χ2v) is 5.69. The van der Waals surface area contributed by atoms with E-state index in [2.05, 4.69) is 10.0 Å². The number of hydrogen-bond acceptors (Lipinski definition) is 4. The molecule has 19 heavy (non-hydrogen) atoms. The van der Waals surface area contributed by atoms with Crippen molar-refractivity contribution in [1.29, 1.82) is 0 Å². The minimum atomic E-state index is -3.29. The summed E-state index contributed by atoms with van der Waals surface area (Å²) >= 11 is 0. The van der Waals surface area contributed by atoms with Crippen LogP contribution in [0.1, 0.15) is 20.3 Å². The zero-order valence-electron chi connectivity index (χ0n) is 11.0. The van der Waals surface area contributed by atoms with Gasteiger partial charge >= 0.3 is 6.09 Å². The Bertz CT molecular complexity index is 511. The number of amides is 1. The van der Waals surface area contributed by atoms with Gasteiger partial charge in [0.2, 0.25) is 10.0 Å². The Morgan fingerprint density at radius 2 is 1.74 bits per heavy atom. The third kappa shape index (κ3) is 5.60. The van der Waals surface area contributed by atoms with Crippen LogP contribution in [-0.2, 0) is 14.8 Å². The molecule has 2 N–H and O–H groups in total. The molecule has 1 aromatic carbocycles. The van der Waals surface area contributed by atoms with Crippen molar-refractivity contribution in [3.05, 3.63) is 24.3 Å². The van der Waals surface area contributed by atoms with Crippen LogP contribution in [0.25, 0.3) is 0 Å². The molecule has 1 rings (SSSR count). The molecule has 1 aromatic rings. The van der Waals surface area contributed by atoms with Crippen LogP contribution in [0.5, 0.6) is 0 Å². The maximum Gasteiger partial charge on any atom is 0.411 e. The van der Waals surface area contributed by atoms with Crippen LogP contribution in [0.15, 0.2) is 24.3 Å². The van der Waals surface area contributed by atoms with Gasteiger partial charge in [-0.25, -0.2) is 13.2 Å². The first-order valence-corrected chi connectivity index (χ1v) is 7.66. The summed E-state index contributed by atoms with van der Waals surface area (Å²) < 4.78 is 30.3. The lowest BCUT2D eigenvalue weighted by Gasteiger charge is -2.08. The lowest BCUT2D eigenvalue weighted by atomic mass is 10.3. The van der Waals surface area contributed by atoms with E-state index in [1.165, 1.54) is 0 Å². The van der Waals surface area contributed by atoms with Gasteiger partial charge in [0, 0.05) is 11.4 Å². The average Bonchev–Trinajstić information content (AvgIpc) is 2.31. The molecule has 106 valence electrons. The fraction of sp³-hybridized carbons (Fsp3) is 0.417. The van der Waals surface area contributed by atoms with E-state index in [0.29, 0.717) is 24.4 Å². The van der Waals surface area contributed by atoms with Crippen LogP contribution in [-0.4, -0.2) is 26.9 Å². The number of sulfonamides is 1. The molecule has 0 atom stereocenters. The van der Waals surface area contributed by atoms with Crippen LogP contribution in [0.4, 0.5) is 16.2 Å². The van der Waals surface area contributed by atoms with E-state index in [0.717, 1.165) is 0 Å². The summed E-state index contributed by atoms with van der Waals surface area (Å²) in [4.78, 5) is 11.2. The first-order chi connectivity index (χ1) is 8.96. The summed E-state index contributed by atoms with van der Waals surface area (Å²) in [5, 5.41) is 2.52. The predicted octanol–water partition coefficient (Wildman–Crippen LogP) is 2.41. The lowest BCUT2D eigenvalue weighted by Crippen LogP contribution is -2.16. The molecule has 1 amide bonds. The van der Waals surface area contributed by atoms with Crippen molar-refractivity contribution >= 4 is 27.5 Å². The van der Waals surface area contributed by atoms with Crippen LogP contribution >= 0.6 is 0 Å². The van der Waals surface area contributed by atoms with Gasteiger partial charge in [-0.1, -0.05) is 6.92 Å². The zero-order chi connectivity index (χ0) is 14.3. The molecule has 0 heterocycles. The Hall–Kier alpha value is -1.76. The van der Waals surface area contributed by atoms with Crippen molar-refractivity contribution in [2.24, 2.45) is 0 Å². The SMILES string of the molecule is CCCS(=O)(=O)Nc1ccc(NC(=O)OCC)cc1. The normalized spacial score (nSPS) is 10.8. The Labute approximate surface area is 113 Å². The quantitative estimate of drug-likeness (QED) is 0.841. The van der Waals surface area contributed by atoms with Crippen molar-refractivity contribution in [1.82, 2.24) is 0 Å². The third-order valence-electron chi connectivity index (χ3n) is 2.15. The highest BCUT2D eigenvalue weighted by atomic mass is 32.2. The minimum absolute atomic E-state index is 0.0792. The van der Waals surface area contributed by atoms with E-state index in [4.69, 9.17) is 4.74 Å². The van der Waals surface area contributed by atoms with Gasteiger partial charge in [0.15, 0.2) is 0 Å². The van der Waals surface area contributed by atoms with Gasteiger partial charge in [-0.05, 0) is 37.6 Å². The monoisotopic (exact) mass is 286 g/mol. The van der Waals surface area contributed by atoms with E-state index in [1.54, 1.807) is 38.1 Å². The Kier molecular flexibility index (Phi) is 5.62. The van der Waals surface area contributed by atoms with E-state index in [9.17, 15) is 13.2 Å². The van der Waals surface area contributed by atoms with Gasteiger partial charge in [0.25, 0.3) is 0 Å². The molecular formula is C12H18N2O4S. The summed E-state index contributed by atoms with van der Waals surface area (Å²) in [7, 11) is -3.29. The molecular weight excluding hydrogens is 268 g/mol. The molecule has 0 fully saturated rings. The lowest BCUT2D eigenvalue weighted by molar-refractivity contribution is 0.168. The number of carbonyl (C=O) groups excluding carboxylic acids is 1. The molecule has 0 aliphatic heterocycles. The summed E-state index contributed by atoms with van der Waals surface area (Å²) in [6.45, 7) is 3.80. The molecule has 0 bridgehead atoms. The third-order valence-corrected chi connectivity index (χ3v) is 3.65. The highest BCUT2D eigenvalue weighted by Crippen LogP contribution is 2.15. The molecule has 0 saturated carbocycles. The van der Waals surface area contributed by atoms with E-state index in [-0.39, 0.29) is 5.75 Å². The maximum atomic E-state index is 11.5. The van der Waals surface area contributed by atoms with Crippen LogP contribution in [0.3, 0.4) is 0 Å². The van der Waals surface area contributed by atoms with Gasteiger partial charge < -0.3 is 4.74 Å². The Morgan fingerprint density at radius 3 is 2.26 bits per heavy atom. The van der Waals surface area contributed by atoms with Crippen molar-refractivity contribution in [2.75, 3.05) is 22.4 Å². The summed E-state index contributed by atoms with van der Waals surface area (Å²) in [6, 6.07) is 6.35.